The molecular weight excluding hydrogens is 358 g/mol. The van der Waals surface area contributed by atoms with Gasteiger partial charge in [-0.1, -0.05) is 0 Å². The number of nitrogens with one attached hydrogen (secondary N) is 1. The summed E-state index contributed by atoms with van der Waals surface area (Å²) in [6, 6.07) is 5.29. The maximum atomic E-state index is 12.7. The van der Waals surface area contributed by atoms with Crippen molar-refractivity contribution in [1.82, 2.24) is 19.8 Å². The topological polar surface area (TPSA) is 81.8 Å². The second-order valence-electron chi connectivity index (χ2n) is 7.42. The Morgan fingerprint density at radius 1 is 1.32 bits per heavy atom. The first kappa shape index (κ1) is 19.7. The SMILES string of the molecule is Cc1cnc(CN(C)C(=O)C[C@H]2COc3ccc(C(=O)N(C)C)cc3N2C)[nH]1. The Bertz CT molecular complexity index is 876. The van der Waals surface area contributed by atoms with Crippen molar-refractivity contribution in [2.75, 3.05) is 39.7 Å². The highest BCUT2D eigenvalue weighted by Crippen LogP contribution is 2.34. The van der Waals surface area contributed by atoms with Gasteiger partial charge in [0.05, 0.1) is 24.7 Å². The summed E-state index contributed by atoms with van der Waals surface area (Å²) in [7, 11) is 7.14. The molecule has 1 aliphatic rings. The smallest absolute Gasteiger partial charge is 0.253 e. The number of carbonyl (C=O) groups excluding carboxylic acids is 2. The van der Waals surface area contributed by atoms with Gasteiger partial charge in [0, 0.05) is 45.6 Å². The van der Waals surface area contributed by atoms with E-state index in [9.17, 15) is 9.59 Å². The van der Waals surface area contributed by atoms with Crippen LogP contribution in [0.15, 0.2) is 24.4 Å². The number of likely N-dealkylation sites (N-methyl/N-ethyl adjacent to an activating group) is 1. The predicted octanol–water partition coefficient (Wildman–Crippen LogP) is 1.67. The van der Waals surface area contributed by atoms with E-state index < -0.39 is 0 Å². The van der Waals surface area contributed by atoms with Crippen LogP contribution in [0, 0.1) is 6.92 Å². The van der Waals surface area contributed by atoms with Crippen LogP contribution in [0.4, 0.5) is 5.69 Å². The number of H-pyrrole nitrogens is 1. The van der Waals surface area contributed by atoms with Gasteiger partial charge in [0.2, 0.25) is 5.91 Å². The number of ether oxygens (including phenoxy) is 1. The van der Waals surface area contributed by atoms with E-state index in [0.29, 0.717) is 25.1 Å². The first-order valence-corrected chi connectivity index (χ1v) is 9.22. The van der Waals surface area contributed by atoms with E-state index >= 15 is 0 Å². The molecule has 8 nitrogen and oxygen atoms in total. The Morgan fingerprint density at radius 2 is 2.07 bits per heavy atom. The molecule has 1 aromatic carbocycles. The number of hydrogen-bond donors (Lipinski definition) is 1. The van der Waals surface area contributed by atoms with Crippen molar-refractivity contribution in [3.63, 3.8) is 0 Å². The van der Waals surface area contributed by atoms with Gasteiger partial charge in [0.1, 0.15) is 18.2 Å². The van der Waals surface area contributed by atoms with Gasteiger partial charge in [-0.3, -0.25) is 9.59 Å². The maximum absolute atomic E-state index is 12.7. The number of benzene rings is 1. The summed E-state index contributed by atoms with van der Waals surface area (Å²) in [6.45, 7) is 2.78. The Labute approximate surface area is 165 Å². The minimum atomic E-state index is -0.106. The van der Waals surface area contributed by atoms with E-state index in [1.807, 2.05) is 31.0 Å². The van der Waals surface area contributed by atoms with E-state index in [-0.39, 0.29) is 17.9 Å². The molecule has 2 heterocycles. The largest absolute Gasteiger partial charge is 0.489 e. The fourth-order valence-electron chi connectivity index (χ4n) is 3.21. The average Bonchev–Trinajstić information content (AvgIpc) is 3.07. The van der Waals surface area contributed by atoms with Gasteiger partial charge < -0.3 is 24.4 Å². The molecule has 2 aromatic rings. The zero-order valence-electron chi connectivity index (χ0n) is 17.0. The number of rotatable bonds is 5. The Hall–Kier alpha value is -3.03. The van der Waals surface area contributed by atoms with Crippen molar-refractivity contribution in [3.8, 4) is 5.75 Å². The third-order valence-electron chi connectivity index (χ3n) is 4.95. The number of nitrogens with zero attached hydrogens (tertiary/aromatic N) is 4. The fraction of sp³-hybridized carbons (Fsp3) is 0.450. The van der Waals surface area contributed by atoms with Crippen molar-refractivity contribution < 1.29 is 14.3 Å². The second-order valence-corrected chi connectivity index (χ2v) is 7.42. The molecule has 0 fully saturated rings. The van der Waals surface area contributed by atoms with Crippen LogP contribution in [0.1, 0.15) is 28.3 Å². The Morgan fingerprint density at radius 3 is 2.71 bits per heavy atom. The molecule has 150 valence electrons. The molecule has 28 heavy (non-hydrogen) atoms. The monoisotopic (exact) mass is 385 g/mol. The van der Waals surface area contributed by atoms with Crippen LogP contribution in [-0.4, -0.2) is 72.4 Å². The van der Waals surface area contributed by atoms with Gasteiger partial charge in [0.15, 0.2) is 0 Å². The molecule has 0 saturated carbocycles. The number of aromatic nitrogens is 2. The molecule has 3 rings (SSSR count). The zero-order chi connectivity index (χ0) is 20.4. The highest BCUT2D eigenvalue weighted by atomic mass is 16.5. The van der Waals surface area contributed by atoms with Gasteiger partial charge in [-0.25, -0.2) is 4.98 Å². The third-order valence-corrected chi connectivity index (χ3v) is 4.95. The number of hydrogen-bond acceptors (Lipinski definition) is 5. The van der Waals surface area contributed by atoms with Gasteiger partial charge in [-0.15, -0.1) is 0 Å². The maximum Gasteiger partial charge on any atom is 0.253 e. The van der Waals surface area contributed by atoms with Gasteiger partial charge in [-0.2, -0.15) is 0 Å². The van der Waals surface area contributed by atoms with E-state index in [2.05, 4.69) is 9.97 Å². The summed E-state index contributed by atoms with van der Waals surface area (Å²) < 4.78 is 5.85. The van der Waals surface area contributed by atoms with Gasteiger partial charge in [-0.05, 0) is 25.1 Å². The summed E-state index contributed by atoms with van der Waals surface area (Å²) in [5.41, 5.74) is 2.38. The highest BCUT2D eigenvalue weighted by Gasteiger charge is 2.29. The lowest BCUT2D eigenvalue weighted by atomic mass is 10.1. The molecule has 1 aromatic heterocycles. The van der Waals surface area contributed by atoms with Gasteiger partial charge in [0.25, 0.3) is 5.91 Å². The van der Waals surface area contributed by atoms with Crippen molar-refractivity contribution in [3.05, 3.63) is 41.5 Å². The van der Waals surface area contributed by atoms with E-state index in [0.717, 1.165) is 23.0 Å². The fourth-order valence-corrected chi connectivity index (χ4v) is 3.21. The lowest BCUT2D eigenvalue weighted by Crippen LogP contribution is -2.44. The van der Waals surface area contributed by atoms with Crippen LogP contribution in [-0.2, 0) is 11.3 Å². The number of anilines is 1. The van der Waals surface area contributed by atoms with Crippen LogP contribution >= 0.6 is 0 Å². The number of amides is 2. The van der Waals surface area contributed by atoms with E-state index in [4.69, 9.17) is 4.74 Å². The standard InChI is InChI=1S/C20H27N5O3/c1-13-10-21-18(22-13)11-24(4)19(26)9-15-12-28-17-7-6-14(20(27)23(2)3)8-16(17)25(15)5/h6-8,10,15H,9,11-12H2,1-5H3,(H,21,22)/t15-/m0/s1. The van der Waals surface area contributed by atoms with Crippen molar-refractivity contribution in [2.45, 2.75) is 25.9 Å². The van der Waals surface area contributed by atoms with E-state index in [1.165, 1.54) is 4.90 Å². The molecule has 0 radical (unpaired) electrons. The van der Waals surface area contributed by atoms with Crippen LogP contribution in [0.3, 0.4) is 0 Å². The van der Waals surface area contributed by atoms with E-state index in [1.54, 1.807) is 38.3 Å². The summed E-state index contributed by atoms with van der Waals surface area (Å²) >= 11 is 0. The normalized spacial score (nSPS) is 15.6. The number of fused-ring (bicyclic) bond motifs is 1. The van der Waals surface area contributed by atoms with Crippen molar-refractivity contribution in [1.29, 1.82) is 0 Å². The van der Waals surface area contributed by atoms with Crippen LogP contribution in [0.2, 0.25) is 0 Å². The molecule has 0 spiro atoms. The lowest BCUT2D eigenvalue weighted by molar-refractivity contribution is -0.131. The lowest BCUT2D eigenvalue weighted by Gasteiger charge is -2.36. The van der Waals surface area contributed by atoms with Gasteiger partial charge >= 0.3 is 0 Å². The first-order chi connectivity index (χ1) is 13.3. The molecular formula is C20H27N5O3. The molecule has 0 bridgehead atoms. The summed E-state index contributed by atoms with van der Waals surface area (Å²) in [5.74, 6) is 1.43. The highest BCUT2D eigenvalue weighted by molar-refractivity contribution is 5.95. The number of aryl methyl sites for hydroxylation is 1. The zero-order valence-corrected chi connectivity index (χ0v) is 17.0. The Kier molecular flexibility index (Phi) is 5.58. The Balaban J connectivity index is 1.69. The predicted molar refractivity (Wildman–Crippen MR) is 107 cm³/mol. The van der Waals surface area contributed by atoms with Crippen LogP contribution < -0.4 is 9.64 Å². The molecule has 1 N–H and O–H groups in total. The average molecular weight is 385 g/mol. The molecule has 1 aliphatic heterocycles. The van der Waals surface area contributed by atoms with Crippen molar-refractivity contribution >= 4 is 17.5 Å². The molecule has 0 unspecified atom stereocenters. The molecule has 1 atom stereocenters. The molecule has 0 aliphatic carbocycles. The number of carbonyl (C=O) groups is 2. The number of aromatic amines is 1. The first-order valence-electron chi connectivity index (χ1n) is 9.22. The van der Waals surface area contributed by atoms with Crippen LogP contribution in [0.25, 0.3) is 0 Å². The third kappa shape index (κ3) is 4.11. The number of imidazole rings is 1. The molecule has 8 heteroatoms. The summed E-state index contributed by atoms with van der Waals surface area (Å²) in [6.07, 6.45) is 2.07. The summed E-state index contributed by atoms with van der Waals surface area (Å²) in [4.78, 5) is 37.6. The quantitative estimate of drug-likeness (QED) is 0.847. The molecule has 0 saturated heterocycles. The second kappa shape index (κ2) is 7.92. The van der Waals surface area contributed by atoms with Crippen LogP contribution in [0.5, 0.6) is 5.75 Å². The minimum absolute atomic E-state index is 0.0125. The van der Waals surface area contributed by atoms with Crippen molar-refractivity contribution in [2.24, 2.45) is 0 Å². The summed E-state index contributed by atoms with van der Waals surface area (Å²) in [5, 5.41) is 0. The minimum Gasteiger partial charge on any atom is -0.489 e. The molecule has 2 amide bonds.